The van der Waals surface area contributed by atoms with Crippen molar-refractivity contribution < 1.29 is 32.2 Å². The van der Waals surface area contributed by atoms with Crippen LogP contribution in [0.4, 0.5) is 4.79 Å². The van der Waals surface area contributed by atoms with Gasteiger partial charge in [0.25, 0.3) is 15.9 Å². The number of benzene rings is 1. The van der Waals surface area contributed by atoms with Gasteiger partial charge in [0.2, 0.25) is 5.88 Å². The van der Waals surface area contributed by atoms with Gasteiger partial charge in [-0.3, -0.25) is 4.79 Å². The molecule has 1 aromatic heterocycles. The number of carbonyl (C=O) groups is 2. The van der Waals surface area contributed by atoms with E-state index in [9.17, 15) is 18.0 Å². The molecule has 3 rings (SSSR count). The lowest BCUT2D eigenvalue weighted by Gasteiger charge is -2.11. The molecule has 10 heteroatoms. The molecule has 0 bridgehead atoms. The molecule has 0 atom stereocenters. The molecule has 1 aliphatic carbocycles. The molecule has 0 spiro atoms. The summed E-state index contributed by atoms with van der Waals surface area (Å²) < 4.78 is 41.7. The highest BCUT2D eigenvalue weighted by Crippen LogP contribution is 2.22. The summed E-state index contributed by atoms with van der Waals surface area (Å²) in [6, 6.07) is 8.16. The normalized spacial score (nSPS) is 14.2. The van der Waals surface area contributed by atoms with Crippen molar-refractivity contribution in [1.82, 2.24) is 9.71 Å². The average molecular weight is 420 g/mol. The number of methoxy groups -OCH3 is 1. The number of nitrogens with one attached hydrogen (secondary N) is 1. The lowest BCUT2D eigenvalue weighted by atomic mass is 10.3. The van der Waals surface area contributed by atoms with E-state index >= 15 is 0 Å². The van der Waals surface area contributed by atoms with E-state index in [1.54, 1.807) is 0 Å². The van der Waals surface area contributed by atoms with Crippen molar-refractivity contribution in [2.24, 2.45) is 0 Å². The average Bonchev–Trinajstić information content (AvgIpc) is 3.21. The molecular weight excluding hydrogens is 400 g/mol. The van der Waals surface area contributed by atoms with Gasteiger partial charge in [0.15, 0.2) is 0 Å². The summed E-state index contributed by atoms with van der Waals surface area (Å²) >= 11 is 0. The summed E-state index contributed by atoms with van der Waals surface area (Å²) in [5.74, 6) is -0.433. The van der Waals surface area contributed by atoms with E-state index in [-0.39, 0.29) is 22.4 Å². The van der Waals surface area contributed by atoms with E-state index in [1.807, 2.05) is 4.72 Å². The van der Waals surface area contributed by atoms with Crippen LogP contribution in [0.3, 0.4) is 0 Å². The van der Waals surface area contributed by atoms with Crippen LogP contribution >= 0.6 is 0 Å². The van der Waals surface area contributed by atoms with Gasteiger partial charge in [-0.1, -0.05) is 0 Å². The Morgan fingerprint density at radius 3 is 2.34 bits per heavy atom. The molecule has 1 N–H and O–H groups in total. The van der Waals surface area contributed by atoms with Gasteiger partial charge in [-0.15, -0.1) is 0 Å². The number of amides is 1. The van der Waals surface area contributed by atoms with E-state index in [4.69, 9.17) is 14.2 Å². The first-order chi connectivity index (χ1) is 13.9. The third-order valence-electron chi connectivity index (χ3n) is 4.35. The lowest BCUT2D eigenvalue weighted by molar-refractivity contribution is 0.0600. The minimum Gasteiger partial charge on any atom is -0.497 e. The molecule has 1 fully saturated rings. The van der Waals surface area contributed by atoms with Crippen LogP contribution in [0.5, 0.6) is 11.6 Å². The molecular formula is C19H20N2O7S. The Morgan fingerprint density at radius 2 is 1.76 bits per heavy atom. The fourth-order valence-electron chi connectivity index (χ4n) is 2.82. The number of hydrogen-bond donors (Lipinski definition) is 1. The van der Waals surface area contributed by atoms with Crippen LogP contribution < -0.4 is 14.2 Å². The highest BCUT2D eigenvalue weighted by molar-refractivity contribution is 7.90. The van der Waals surface area contributed by atoms with E-state index < -0.39 is 22.1 Å². The van der Waals surface area contributed by atoms with Crippen molar-refractivity contribution in [1.29, 1.82) is 0 Å². The van der Waals surface area contributed by atoms with Crippen LogP contribution in [-0.4, -0.2) is 38.7 Å². The summed E-state index contributed by atoms with van der Waals surface area (Å²) in [7, 11) is -2.61. The molecule has 1 aliphatic rings. The Hall–Kier alpha value is -3.14. The van der Waals surface area contributed by atoms with Gasteiger partial charge in [0.05, 0.1) is 17.6 Å². The maximum absolute atomic E-state index is 12.3. The highest BCUT2D eigenvalue weighted by atomic mass is 32.2. The second-order valence-corrected chi connectivity index (χ2v) is 8.05. The Labute approximate surface area is 168 Å². The van der Waals surface area contributed by atoms with Gasteiger partial charge in [-0.05, 0) is 56.0 Å². The molecule has 29 heavy (non-hydrogen) atoms. The first-order valence-electron chi connectivity index (χ1n) is 8.93. The summed E-state index contributed by atoms with van der Waals surface area (Å²) in [6.45, 7) is 0. The number of aromatic nitrogens is 1. The summed E-state index contributed by atoms with van der Waals surface area (Å²) in [5.41, 5.74) is -0.0152. The quantitative estimate of drug-likeness (QED) is 0.708. The number of nitrogens with zero attached hydrogens (tertiary/aromatic N) is 1. The standard InChI is InChI=1S/C19H20N2O7S/c1-26-14-7-9-16(10-8-14)29(24,25)21-18(22)13-6-11-17(20-12-13)28-19(23)27-15-4-2-3-5-15/h6-12,15H,2-5H2,1H3,(H,21,22). The lowest BCUT2D eigenvalue weighted by Crippen LogP contribution is -2.30. The zero-order valence-corrected chi connectivity index (χ0v) is 16.5. The molecule has 0 unspecified atom stereocenters. The Kier molecular flexibility index (Phi) is 6.32. The van der Waals surface area contributed by atoms with Crippen LogP contribution in [0.1, 0.15) is 36.0 Å². The SMILES string of the molecule is COc1ccc(S(=O)(=O)NC(=O)c2ccc(OC(=O)OC3CCCC3)nc2)cc1. The predicted molar refractivity (Wildman–Crippen MR) is 101 cm³/mol. The maximum atomic E-state index is 12.3. The minimum absolute atomic E-state index is 0.0152. The third-order valence-corrected chi connectivity index (χ3v) is 5.70. The molecule has 9 nitrogen and oxygen atoms in total. The molecule has 1 amide bonds. The number of carbonyl (C=O) groups excluding carboxylic acids is 2. The minimum atomic E-state index is -4.06. The predicted octanol–water partition coefficient (Wildman–Crippen LogP) is 2.67. The second-order valence-electron chi connectivity index (χ2n) is 6.37. The van der Waals surface area contributed by atoms with Crippen molar-refractivity contribution in [2.45, 2.75) is 36.7 Å². The topological polar surface area (TPSA) is 121 Å². The van der Waals surface area contributed by atoms with Gasteiger partial charge in [-0.25, -0.2) is 22.9 Å². The Bertz CT molecular complexity index is 967. The summed E-state index contributed by atoms with van der Waals surface area (Å²) in [5, 5.41) is 0. The van der Waals surface area contributed by atoms with Crippen LogP contribution in [-0.2, 0) is 14.8 Å². The number of sulfonamides is 1. The van der Waals surface area contributed by atoms with E-state index in [1.165, 1.54) is 43.5 Å². The molecule has 0 saturated heterocycles. The fourth-order valence-corrected chi connectivity index (χ4v) is 3.80. The molecule has 1 saturated carbocycles. The third kappa shape index (κ3) is 5.44. The van der Waals surface area contributed by atoms with Crippen molar-refractivity contribution in [2.75, 3.05) is 7.11 Å². The Balaban J connectivity index is 1.59. The maximum Gasteiger partial charge on any atom is 0.515 e. The number of pyridine rings is 1. The van der Waals surface area contributed by atoms with Crippen LogP contribution in [0.25, 0.3) is 0 Å². The van der Waals surface area contributed by atoms with Crippen LogP contribution in [0, 0.1) is 0 Å². The molecule has 1 heterocycles. The van der Waals surface area contributed by atoms with E-state index in [0.29, 0.717) is 5.75 Å². The molecule has 0 aliphatic heterocycles. The fraction of sp³-hybridized carbons (Fsp3) is 0.316. The van der Waals surface area contributed by atoms with Gasteiger partial charge in [0.1, 0.15) is 11.9 Å². The van der Waals surface area contributed by atoms with Crippen molar-refractivity contribution in [3.05, 3.63) is 48.2 Å². The molecule has 2 aromatic rings. The second kappa shape index (κ2) is 8.91. The van der Waals surface area contributed by atoms with Crippen molar-refractivity contribution in [3.63, 3.8) is 0 Å². The smallest absolute Gasteiger partial charge is 0.497 e. The summed E-state index contributed by atoms with van der Waals surface area (Å²) in [6.07, 6.45) is 3.75. The van der Waals surface area contributed by atoms with Crippen molar-refractivity contribution >= 4 is 22.1 Å². The van der Waals surface area contributed by atoms with Crippen LogP contribution in [0.2, 0.25) is 0 Å². The first-order valence-corrected chi connectivity index (χ1v) is 10.4. The molecule has 0 radical (unpaired) electrons. The molecule has 1 aromatic carbocycles. The van der Waals surface area contributed by atoms with Crippen molar-refractivity contribution in [3.8, 4) is 11.6 Å². The van der Waals surface area contributed by atoms with Crippen LogP contribution in [0.15, 0.2) is 47.5 Å². The molecule has 154 valence electrons. The number of ether oxygens (including phenoxy) is 3. The van der Waals surface area contributed by atoms with Gasteiger partial charge in [-0.2, -0.15) is 0 Å². The first kappa shape index (κ1) is 20.6. The monoisotopic (exact) mass is 420 g/mol. The zero-order chi connectivity index (χ0) is 20.9. The zero-order valence-electron chi connectivity index (χ0n) is 15.7. The van der Waals surface area contributed by atoms with Gasteiger partial charge < -0.3 is 14.2 Å². The number of rotatable bonds is 6. The Morgan fingerprint density at radius 1 is 1.07 bits per heavy atom. The van der Waals surface area contributed by atoms with E-state index in [2.05, 4.69) is 4.98 Å². The summed E-state index contributed by atoms with van der Waals surface area (Å²) in [4.78, 5) is 27.7. The van der Waals surface area contributed by atoms with Gasteiger partial charge >= 0.3 is 6.16 Å². The van der Waals surface area contributed by atoms with E-state index in [0.717, 1.165) is 31.9 Å². The van der Waals surface area contributed by atoms with Gasteiger partial charge in [0, 0.05) is 12.3 Å². The largest absolute Gasteiger partial charge is 0.515 e. The highest BCUT2D eigenvalue weighted by Gasteiger charge is 2.22. The number of hydrogen-bond acceptors (Lipinski definition) is 8.